The average Bonchev–Trinajstić information content (AvgIpc) is 2.66. The molecule has 1 N–H and O–H groups in total. The van der Waals surface area contributed by atoms with Crippen LogP contribution in [0.15, 0.2) is 48.5 Å². The molecule has 2 rings (SSSR count). The van der Waals surface area contributed by atoms with Crippen LogP contribution in [0.2, 0.25) is 0 Å². The quantitative estimate of drug-likeness (QED) is 0.440. The van der Waals surface area contributed by atoms with Crippen molar-refractivity contribution in [3.05, 3.63) is 69.8 Å². The second-order valence-electron chi connectivity index (χ2n) is 5.96. The highest BCUT2D eigenvalue weighted by Crippen LogP contribution is 2.13. The lowest BCUT2D eigenvalue weighted by molar-refractivity contribution is -0.384. The standard InChI is InChI=1S/C19H18N2O7/c1-12(2)28-19(24)14-3-7-15(8-4-14)20-17(22)11-27-18(23)13-5-9-16(10-6-13)21(25)26/h3-10,12H,11H2,1-2H3,(H,20,22). The fourth-order valence-electron chi connectivity index (χ4n) is 2.10. The largest absolute Gasteiger partial charge is 0.459 e. The number of nitro groups is 1. The van der Waals surface area contributed by atoms with Gasteiger partial charge in [-0.1, -0.05) is 0 Å². The van der Waals surface area contributed by atoms with E-state index in [1.54, 1.807) is 13.8 Å². The summed E-state index contributed by atoms with van der Waals surface area (Å²) >= 11 is 0. The van der Waals surface area contributed by atoms with Crippen molar-refractivity contribution in [2.24, 2.45) is 0 Å². The molecule has 0 fully saturated rings. The summed E-state index contributed by atoms with van der Waals surface area (Å²) in [4.78, 5) is 45.5. The van der Waals surface area contributed by atoms with E-state index in [4.69, 9.17) is 9.47 Å². The van der Waals surface area contributed by atoms with E-state index in [1.807, 2.05) is 0 Å². The summed E-state index contributed by atoms with van der Waals surface area (Å²) in [5.74, 6) is -1.82. The number of nitro benzene ring substituents is 1. The summed E-state index contributed by atoms with van der Waals surface area (Å²) in [5, 5.41) is 13.1. The molecule has 2 aromatic carbocycles. The molecule has 2 aromatic rings. The molecular formula is C19H18N2O7. The first-order valence-corrected chi connectivity index (χ1v) is 8.28. The number of benzene rings is 2. The van der Waals surface area contributed by atoms with Crippen LogP contribution in [0.4, 0.5) is 11.4 Å². The first-order valence-electron chi connectivity index (χ1n) is 8.28. The minimum absolute atomic E-state index is 0.0893. The van der Waals surface area contributed by atoms with Crippen molar-refractivity contribution >= 4 is 29.2 Å². The third-order valence-corrected chi connectivity index (χ3v) is 3.40. The molecule has 146 valence electrons. The second-order valence-corrected chi connectivity index (χ2v) is 5.96. The van der Waals surface area contributed by atoms with Gasteiger partial charge in [-0.25, -0.2) is 9.59 Å². The van der Waals surface area contributed by atoms with Crippen molar-refractivity contribution in [1.29, 1.82) is 0 Å². The molecule has 0 saturated carbocycles. The molecule has 0 saturated heterocycles. The van der Waals surface area contributed by atoms with Crippen LogP contribution >= 0.6 is 0 Å². The smallest absolute Gasteiger partial charge is 0.338 e. The summed E-state index contributed by atoms with van der Waals surface area (Å²) in [6.07, 6.45) is -0.239. The van der Waals surface area contributed by atoms with Gasteiger partial charge in [0.25, 0.3) is 11.6 Å². The fourth-order valence-corrected chi connectivity index (χ4v) is 2.10. The Balaban J connectivity index is 1.85. The van der Waals surface area contributed by atoms with Crippen LogP contribution in [0.1, 0.15) is 34.6 Å². The van der Waals surface area contributed by atoms with Crippen molar-refractivity contribution in [3.63, 3.8) is 0 Å². The molecule has 0 aromatic heterocycles. The highest BCUT2D eigenvalue weighted by Gasteiger charge is 2.13. The first kappa shape index (κ1) is 20.6. The van der Waals surface area contributed by atoms with Crippen molar-refractivity contribution in [1.82, 2.24) is 0 Å². The predicted octanol–water partition coefficient (Wildman–Crippen LogP) is 2.96. The highest BCUT2D eigenvalue weighted by molar-refractivity contribution is 5.96. The Bertz CT molecular complexity index is 874. The first-order chi connectivity index (χ1) is 13.3. The van der Waals surface area contributed by atoms with E-state index in [0.717, 1.165) is 0 Å². The number of non-ortho nitro benzene ring substituents is 1. The van der Waals surface area contributed by atoms with Crippen LogP contribution in [-0.2, 0) is 14.3 Å². The van der Waals surface area contributed by atoms with Crippen molar-refractivity contribution in [3.8, 4) is 0 Å². The zero-order chi connectivity index (χ0) is 20.7. The normalized spacial score (nSPS) is 10.2. The van der Waals surface area contributed by atoms with E-state index in [0.29, 0.717) is 11.3 Å². The van der Waals surface area contributed by atoms with Gasteiger partial charge in [0.05, 0.1) is 22.2 Å². The van der Waals surface area contributed by atoms with E-state index >= 15 is 0 Å². The number of esters is 2. The Labute approximate surface area is 160 Å². The zero-order valence-electron chi connectivity index (χ0n) is 15.2. The predicted molar refractivity (Wildman–Crippen MR) is 99.0 cm³/mol. The average molecular weight is 386 g/mol. The SMILES string of the molecule is CC(C)OC(=O)c1ccc(NC(=O)COC(=O)c2ccc([N+](=O)[O-])cc2)cc1. The van der Waals surface area contributed by atoms with E-state index in [2.05, 4.69) is 5.32 Å². The van der Waals surface area contributed by atoms with Crippen LogP contribution in [0, 0.1) is 10.1 Å². The Kier molecular flexibility index (Phi) is 6.80. The molecule has 28 heavy (non-hydrogen) atoms. The molecule has 1 amide bonds. The van der Waals surface area contributed by atoms with Gasteiger partial charge in [-0.05, 0) is 50.2 Å². The Morgan fingerprint density at radius 3 is 2.04 bits per heavy atom. The van der Waals surface area contributed by atoms with E-state index in [1.165, 1.54) is 48.5 Å². The van der Waals surface area contributed by atoms with Crippen LogP contribution in [-0.4, -0.2) is 35.5 Å². The molecule has 0 spiro atoms. The number of hydrogen-bond acceptors (Lipinski definition) is 7. The molecule has 0 heterocycles. The van der Waals surface area contributed by atoms with Crippen LogP contribution in [0.25, 0.3) is 0 Å². The minimum atomic E-state index is -0.781. The van der Waals surface area contributed by atoms with Gasteiger partial charge in [0, 0.05) is 17.8 Å². The monoisotopic (exact) mass is 386 g/mol. The maximum atomic E-state index is 11.9. The molecule has 0 aliphatic rings. The molecular weight excluding hydrogens is 368 g/mol. The lowest BCUT2D eigenvalue weighted by atomic mass is 10.2. The number of nitrogens with zero attached hydrogens (tertiary/aromatic N) is 1. The van der Waals surface area contributed by atoms with Crippen molar-refractivity contribution < 1.29 is 28.8 Å². The Morgan fingerprint density at radius 1 is 0.964 bits per heavy atom. The summed E-state index contributed by atoms with van der Waals surface area (Å²) in [7, 11) is 0. The lowest BCUT2D eigenvalue weighted by Gasteiger charge is -2.09. The number of ether oxygens (including phenoxy) is 2. The van der Waals surface area contributed by atoms with Crippen molar-refractivity contribution in [2.45, 2.75) is 20.0 Å². The summed E-state index contributed by atoms with van der Waals surface area (Å²) < 4.78 is 9.94. The third kappa shape index (κ3) is 5.90. The van der Waals surface area contributed by atoms with Gasteiger partial charge in [0.2, 0.25) is 0 Å². The maximum absolute atomic E-state index is 11.9. The molecule has 0 atom stereocenters. The van der Waals surface area contributed by atoms with Crippen LogP contribution in [0.3, 0.4) is 0 Å². The molecule has 0 unspecified atom stereocenters. The van der Waals surface area contributed by atoms with Gasteiger partial charge in [-0.15, -0.1) is 0 Å². The lowest BCUT2D eigenvalue weighted by Crippen LogP contribution is -2.21. The number of rotatable bonds is 7. The number of hydrogen-bond donors (Lipinski definition) is 1. The number of carbonyl (C=O) groups excluding carboxylic acids is 3. The van der Waals surface area contributed by atoms with Gasteiger partial charge < -0.3 is 14.8 Å². The number of nitrogens with one attached hydrogen (secondary N) is 1. The third-order valence-electron chi connectivity index (χ3n) is 3.40. The molecule has 0 bridgehead atoms. The van der Waals surface area contributed by atoms with Gasteiger partial charge in [0.15, 0.2) is 6.61 Å². The van der Waals surface area contributed by atoms with Crippen LogP contribution < -0.4 is 5.32 Å². The van der Waals surface area contributed by atoms with Gasteiger partial charge in [0.1, 0.15) is 0 Å². The minimum Gasteiger partial charge on any atom is -0.459 e. The highest BCUT2D eigenvalue weighted by atomic mass is 16.6. The van der Waals surface area contributed by atoms with E-state index in [-0.39, 0.29) is 17.4 Å². The number of carbonyl (C=O) groups is 3. The molecule has 0 radical (unpaired) electrons. The molecule has 0 aliphatic heterocycles. The summed E-state index contributed by atoms with van der Waals surface area (Å²) in [6.45, 7) is 2.95. The van der Waals surface area contributed by atoms with Crippen LogP contribution in [0.5, 0.6) is 0 Å². The second kappa shape index (κ2) is 9.26. The van der Waals surface area contributed by atoms with E-state index < -0.39 is 29.4 Å². The van der Waals surface area contributed by atoms with Gasteiger partial charge >= 0.3 is 11.9 Å². The zero-order valence-corrected chi connectivity index (χ0v) is 15.2. The number of anilines is 1. The maximum Gasteiger partial charge on any atom is 0.338 e. The summed E-state index contributed by atoms with van der Waals surface area (Å²) in [6, 6.07) is 10.9. The number of amides is 1. The molecule has 9 heteroatoms. The molecule has 9 nitrogen and oxygen atoms in total. The van der Waals surface area contributed by atoms with E-state index in [9.17, 15) is 24.5 Å². The topological polar surface area (TPSA) is 125 Å². The Morgan fingerprint density at radius 2 is 1.50 bits per heavy atom. The van der Waals surface area contributed by atoms with Crippen molar-refractivity contribution in [2.75, 3.05) is 11.9 Å². The summed E-state index contributed by atoms with van der Waals surface area (Å²) in [5.41, 5.74) is 0.690. The van der Waals surface area contributed by atoms with Gasteiger partial charge in [-0.3, -0.25) is 14.9 Å². The Hall–Kier alpha value is -3.75. The fraction of sp³-hybridized carbons (Fsp3) is 0.211. The van der Waals surface area contributed by atoms with Gasteiger partial charge in [-0.2, -0.15) is 0 Å². The molecule has 0 aliphatic carbocycles.